The number of rotatable bonds is 7. The van der Waals surface area contributed by atoms with Crippen LogP contribution in [0.4, 0.5) is 0 Å². The van der Waals surface area contributed by atoms with Crippen molar-refractivity contribution >= 4 is 5.91 Å². The molecule has 0 heterocycles. The number of hydrogen-bond acceptors (Lipinski definition) is 4. The van der Waals surface area contributed by atoms with Gasteiger partial charge in [0.15, 0.2) is 0 Å². The molecule has 1 amide bonds. The van der Waals surface area contributed by atoms with Crippen LogP contribution >= 0.6 is 0 Å². The molecule has 0 aromatic heterocycles. The van der Waals surface area contributed by atoms with E-state index in [9.17, 15) is 9.90 Å². The van der Waals surface area contributed by atoms with E-state index in [2.05, 4.69) is 17.6 Å². The van der Waals surface area contributed by atoms with Crippen LogP contribution in [0.5, 0.6) is 0 Å². The van der Waals surface area contributed by atoms with Gasteiger partial charge in [0, 0.05) is 13.6 Å². The van der Waals surface area contributed by atoms with Crippen molar-refractivity contribution in [3.63, 3.8) is 0 Å². The molecule has 4 atom stereocenters. The molecule has 19 heavy (non-hydrogen) atoms. The summed E-state index contributed by atoms with van der Waals surface area (Å²) in [5.74, 6) is 0.507. The summed E-state index contributed by atoms with van der Waals surface area (Å²) in [6, 6.07) is -0.298. The predicted octanol–water partition coefficient (Wildman–Crippen LogP) is 0.667. The highest BCUT2D eigenvalue weighted by Crippen LogP contribution is 2.26. The number of aliphatic hydroxyl groups is 1. The maximum absolute atomic E-state index is 11.3. The molecule has 0 spiro atoms. The molecule has 4 unspecified atom stereocenters. The van der Waals surface area contributed by atoms with Gasteiger partial charge in [0.2, 0.25) is 5.91 Å². The maximum Gasteiger partial charge on any atom is 0.236 e. The Morgan fingerprint density at radius 3 is 2.74 bits per heavy atom. The summed E-state index contributed by atoms with van der Waals surface area (Å²) in [6.45, 7) is 4.69. The van der Waals surface area contributed by atoms with Gasteiger partial charge < -0.3 is 20.5 Å². The van der Waals surface area contributed by atoms with Gasteiger partial charge in [-0.3, -0.25) is 4.79 Å². The summed E-state index contributed by atoms with van der Waals surface area (Å²) in [4.78, 5) is 11.3. The average molecular weight is 272 g/mol. The lowest BCUT2D eigenvalue weighted by molar-refractivity contribution is -0.122. The Morgan fingerprint density at radius 2 is 2.11 bits per heavy atom. The molecule has 0 aliphatic heterocycles. The van der Waals surface area contributed by atoms with E-state index >= 15 is 0 Å². The number of likely N-dealkylation sites (N-methyl/N-ethyl adjacent to an activating group) is 1. The third-order valence-electron chi connectivity index (χ3n) is 3.83. The van der Waals surface area contributed by atoms with E-state index in [1.807, 2.05) is 0 Å². The third kappa shape index (κ3) is 5.89. The van der Waals surface area contributed by atoms with Crippen molar-refractivity contribution in [1.29, 1.82) is 0 Å². The molecule has 0 aromatic carbocycles. The molecule has 5 nitrogen and oxygen atoms in total. The Hall–Kier alpha value is -0.650. The Kier molecular flexibility index (Phi) is 7.34. The van der Waals surface area contributed by atoms with Gasteiger partial charge in [-0.25, -0.2) is 0 Å². The van der Waals surface area contributed by atoms with Gasteiger partial charge in [-0.15, -0.1) is 0 Å². The van der Waals surface area contributed by atoms with Crippen LogP contribution < -0.4 is 10.6 Å². The van der Waals surface area contributed by atoms with Crippen molar-refractivity contribution in [2.75, 3.05) is 20.2 Å². The SMILES string of the molecule is CNC(=O)C(C)NCC(O)COC1CCCCC1C. The van der Waals surface area contributed by atoms with Gasteiger partial charge in [0.25, 0.3) is 0 Å². The van der Waals surface area contributed by atoms with Crippen molar-refractivity contribution in [1.82, 2.24) is 10.6 Å². The fraction of sp³-hybridized carbons (Fsp3) is 0.929. The normalized spacial score (nSPS) is 26.7. The number of carbonyl (C=O) groups excluding carboxylic acids is 1. The van der Waals surface area contributed by atoms with Crippen LogP contribution in [0.15, 0.2) is 0 Å². The topological polar surface area (TPSA) is 70.6 Å². The fourth-order valence-corrected chi connectivity index (χ4v) is 2.45. The molecule has 5 heteroatoms. The minimum absolute atomic E-state index is 0.0750. The van der Waals surface area contributed by atoms with Crippen LogP contribution in [0, 0.1) is 5.92 Å². The summed E-state index contributed by atoms with van der Waals surface area (Å²) in [5.41, 5.74) is 0. The Labute approximate surface area is 116 Å². The van der Waals surface area contributed by atoms with E-state index in [1.165, 1.54) is 19.3 Å². The second-order valence-electron chi connectivity index (χ2n) is 5.53. The van der Waals surface area contributed by atoms with Gasteiger partial charge in [-0.05, 0) is 25.7 Å². The first-order valence-electron chi connectivity index (χ1n) is 7.29. The van der Waals surface area contributed by atoms with Crippen molar-refractivity contribution in [2.45, 2.75) is 57.8 Å². The van der Waals surface area contributed by atoms with Crippen LogP contribution in [-0.4, -0.2) is 49.5 Å². The minimum atomic E-state index is -0.568. The fourth-order valence-electron chi connectivity index (χ4n) is 2.45. The van der Waals surface area contributed by atoms with Gasteiger partial charge in [0.05, 0.1) is 24.9 Å². The van der Waals surface area contributed by atoms with Crippen LogP contribution in [-0.2, 0) is 9.53 Å². The molecular weight excluding hydrogens is 244 g/mol. The number of amides is 1. The first kappa shape index (κ1) is 16.4. The largest absolute Gasteiger partial charge is 0.389 e. The van der Waals surface area contributed by atoms with Gasteiger partial charge in [-0.1, -0.05) is 19.8 Å². The molecule has 1 saturated carbocycles. The van der Waals surface area contributed by atoms with Crippen molar-refractivity contribution in [2.24, 2.45) is 5.92 Å². The molecule has 0 bridgehead atoms. The molecule has 1 aliphatic carbocycles. The number of carbonyl (C=O) groups is 1. The van der Waals surface area contributed by atoms with E-state index in [0.29, 0.717) is 19.1 Å². The summed E-state index contributed by atoms with van der Waals surface area (Å²) >= 11 is 0. The van der Waals surface area contributed by atoms with Crippen LogP contribution in [0.2, 0.25) is 0 Å². The van der Waals surface area contributed by atoms with Crippen molar-refractivity contribution in [3.05, 3.63) is 0 Å². The molecule has 0 radical (unpaired) electrons. The number of hydrogen-bond donors (Lipinski definition) is 3. The molecule has 3 N–H and O–H groups in total. The summed E-state index contributed by atoms with van der Waals surface area (Å²) in [6.07, 6.45) is 4.52. The zero-order valence-corrected chi connectivity index (χ0v) is 12.3. The summed E-state index contributed by atoms with van der Waals surface area (Å²) < 4.78 is 5.79. The average Bonchev–Trinajstić information content (AvgIpc) is 2.42. The highest BCUT2D eigenvalue weighted by molar-refractivity contribution is 5.80. The van der Waals surface area contributed by atoms with Gasteiger partial charge in [-0.2, -0.15) is 0 Å². The molecule has 1 fully saturated rings. The smallest absolute Gasteiger partial charge is 0.236 e. The molecule has 1 rings (SSSR count). The lowest BCUT2D eigenvalue weighted by Crippen LogP contribution is -2.44. The number of nitrogens with one attached hydrogen (secondary N) is 2. The minimum Gasteiger partial charge on any atom is -0.389 e. The van der Waals surface area contributed by atoms with Crippen molar-refractivity contribution in [3.8, 4) is 0 Å². The first-order chi connectivity index (χ1) is 9.04. The Balaban J connectivity index is 2.16. The number of aliphatic hydroxyl groups excluding tert-OH is 1. The quantitative estimate of drug-likeness (QED) is 0.637. The van der Waals surface area contributed by atoms with E-state index < -0.39 is 6.10 Å². The van der Waals surface area contributed by atoms with Gasteiger partial charge in [0.1, 0.15) is 0 Å². The highest BCUT2D eigenvalue weighted by atomic mass is 16.5. The van der Waals surface area contributed by atoms with E-state index in [1.54, 1.807) is 14.0 Å². The zero-order chi connectivity index (χ0) is 14.3. The zero-order valence-electron chi connectivity index (χ0n) is 12.3. The second-order valence-corrected chi connectivity index (χ2v) is 5.53. The van der Waals surface area contributed by atoms with Crippen LogP contribution in [0.25, 0.3) is 0 Å². The second kappa shape index (κ2) is 8.51. The highest BCUT2D eigenvalue weighted by Gasteiger charge is 2.22. The summed E-state index contributed by atoms with van der Waals surface area (Å²) in [7, 11) is 1.60. The van der Waals surface area contributed by atoms with Crippen LogP contribution in [0.1, 0.15) is 39.5 Å². The lowest BCUT2D eigenvalue weighted by Gasteiger charge is -2.29. The molecule has 1 aliphatic rings. The Morgan fingerprint density at radius 1 is 1.42 bits per heavy atom. The monoisotopic (exact) mass is 272 g/mol. The first-order valence-corrected chi connectivity index (χ1v) is 7.29. The molecule has 0 aromatic rings. The standard InChI is InChI=1S/C14H28N2O3/c1-10-6-4-5-7-13(10)19-9-12(17)8-16-11(2)14(18)15-3/h10-13,16-17H,4-9H2,1-3H3,(H,15,18). The Bertz CT molecular complexity index is 273. The lowest BCUT2D eigenvalue weighted by atomic mass is 9.88. The van der Waals surface area contributed by atoms with E-state index in [4.69, 9.17) is 4.74 Å². The molecule has 112 valence electrons. The number of ether oxygens (including phenoxy) is 1. The van der Waals surface area contributed by atoms with Gasteiger partial charge >= 0.3 is 0 Å². The molecular formula is C14H28N2O3. The van der Waals surface area contributed by atoms with E-state index in [-0.39, 0.29) is 18.1 Å². The predicted molar refractivity (Wildman–Crippen MR) is 74.9 cm³/mol. The summed E-state index contributed by atoms with van der Waals surface area (Å²) in [5, 5.41) is 15.4. The van der Waals surface area contributed by atoms with Crippen molar-refractivity contribution < 1.29 is 14.6 Å². The maximum atomic E-state index is 11.3. The van der Waals surface area contributed by atoms with E-state index in [0.717, 1.165) is 6.42 Å². The third-order valence-corrected chi connectivity index (χ3v) is 3.83. The molecule has 0 saturated heterocycles. The van der Waals surface area contributed by atoms with Crippen LogP contribution in [0.3, 0.4) is 0 Å².